The van der Waals surface area contributed by atoms with Gasteiger partial charge in [-0.25, -0.2) is 0 Å². The van der Waals surface area contributed by atoms with Crippen LogP contribution >= 0.6 is 0 Å². The summed E-state index contributed by atoms with van der Waals surface area (Å²) in [5.41, 5.74) is 1.00. The highest BCUT2D eigenvalue weighted by atomic mass is 19.4. The molecule has 0 aromatic carbocycles. The molecule has 0 radical (unpaired) electrons. The van der Waals surface area contributed by atoms with Crippen LogP contribution in [-0.4, -0.2) is 32.0 Å². The van der Waals surface area contributed by atoms with E-state index >= 15 is 0 Å². The van der Waals surface area contributed by atoms with Gasteiger partial charge < -0.3 is 5.32 Å². The molecule has 3 rings (SSSR count). The van der Waals surface area contributed by atoms with Gasteiger partial charge in [-0.1, -0.05) is 13.8 Å². The number of hydrogen-bond acceptors (Lipinski definition) is 3. The SMILES string of the molecule is CC[C@H](C(=O)NC[C@H](C)Cn1nccc1C)n1nc(C(F)(F)F)c2c1CCC2. The Balaban J connectivity index is 1.70. The van der Waals surface area contributed by atoms with E-state index in [1.807, 2.05) is 24.6 Å². The van der Waals surface area contributed by atoms with Crippen LogP contribution in [-0.2, 0) is 30.4 Å². The minimum atomic E-state index is -4.50. The van der Waals surface area contributed by atoms with Crippen molar-refractivity contribution in [3.8, 4) is 0 Å². The van der Waals surface area contributed by atoms with E-state index in [1.165, 1.54) is 4.68 Å². The molecule has 0 fully saturated rings. The molecule has 1 aliphatic carbocycles. The van der Waals surface area contributed by atoms with Gasteiger partial charge in [0, 0.05) is 36.2 Å². The number of carbonyl (C=O) groups excluding carboxylic acids is 1. The van der Waals surface area contributed by atoms with E-state index in [2.05, 4.69) is 15.5 Å². The standard InChI is InChI=1S/C19H26F3N5O/c1-4-15(18(28)23-10-12(2)11-26-13(3)8-9-24-26)27-16-7-5-6-14(16)17(25-27)19(20,21)22/h8-9,12,15H,4-7,10-11H2,1-3H3,(H,23,28)/t12-,15+/m0/s1. The van der Waals surface area contributed by atoms with Gasteiger partial charge in [-0.3, -0.25) is 14.2 Å². The van der Waals surface area contributed by atoms with Gasteiger partial charge in [-0.2, -0.15) is 23.4 Å². The first-order valence-electron chi connectivity index (χ1n) is 9.66. The van der Waals surface area contributed by atoms with Gasteiger partial charge in [0.25, 0.3) is 0 Å². The van der Waals surface area contributed by atoms with Gasteiger partial charge >= 0.3 is 6.18 Å². The zero-order valence-corrected chi connectivity index (χ0v) is 16.4. The molecular weight excluding hydrogens is 371 g/mol. The maximum absolute atomic E-state index is 13.3. The Hall–Kier alpha value is -2.32. The molecule has 1 aliphatic rings. The fourth-order valence-electron chi connectivity index (χ4n) is 3.76. The molecule has 1 N–H and O–H groups in total. The van der Waals surface area contributed by atoms with Crippen molar-refractivity contribution in [2.75, 3.05) is 6.54 Å². The lowest BCUT2D eigenvalue weighted by atomic mass is 10.1. The predicted molar refractivity (Wildman–Crippen MR) is 97.7 cm³/mol. The van der Waals surface area contributed by atoms with E-state index in [9.17, 15) is 18.0 Å². The summed E-state index contributed by atoms with van der Waals surface area (Å²) in [6, 6.07) is 1.18. The van der Waals surface area contributed by atoms with Gasteiger partial charge in [-0.05, 0) is 44.6 Å². The summed E-state index contributed by atoms with van der Waals surface area (Å²) in [5.74, 6) is -0.161. The smallest absolute Gasteiger partial charge is 0.354 e. The zero-order valence-electron chi connectivity index (χ0n) is 16.4. The lowest BCUT2D eigenvalue weighted by Gasteiger charge is -2.20. The molecule has 0 spiro atoms. The number of halogens is 3. The van der Waals surface area contributed by atoms with Crippen molar-refractivity contribution in [2.45, 2.75) is 65.2 Å². The van der Waals surface area contributed by atoms with Crippen molar-refractivity contribution in [3.63, 3.8) is 0 Å². The topological polar surface area (TPSA) is 64.7 Å². The molecule has 1 amide bonds. The number of nitrogens with one attached hydrogen (secondary N) is 1. The third-order valence-electron chi connectivity index (χ3n) is 5.25. The van der Waals surface area contributed by atoms with E-state index in [-0.39, 0.29) is 17.4 Å². The first kappa shape index (κ1) is 20.4. The number of fused-ring (bicyclic) bond motifs is 1. The molecule has 6 nitrogen and oxygen atoms in total. The molecule has 0 unspecified atom stereocenters. The van der Waals surface area contributed by atoms with Gasteiger partial charge in [0.1, 0.15) is 6.04 Å². The Morgan fingerprint density at radius 3 is 2.71 bits per heavy atom. The second-order valence-electron chi connectivity index (χ2n) is 7.50. The van der Waals surface area contributed by atoms with E-state index in [0.29, 0.717) is 44.5 Å². The average Bonchev–Trinajstić information content (AvgIpc) is 3.31. The van der Waals surface area contributed by atoms with Crippen molar-refractivity contribution in [1.29, 1.82) is 0 Å². The quantitative estimate of drug-likeness (QED) is 0.780. The number of carbonyl (C=O) groups is 1. The van der Waals surface area contributed by atoms with Crippen LogP contribution in [0.3, 0.4) is 0 Å². The molecule has 2 aromatic heterocycles. The third-order valence-corrected chi connectivity index (χ3v) is 5.25. The van der Waals surface area contributed by atoms with Crippen LogP contribution < -0.4 is 5.32 Å². The van der Waals surface area contributed by atoms with Crippen molar-refractivity contribution < 1.29 is 18.0 Å². The van der Waals surface area contributed by atoms with Crippen molar-refractivity contribution >= 4 is 5.91 Å². The highest BCUT2D eigenvalue weighted by Gasteiger charge is 2.41. The fourth-order valence-corrected chi connectivity index (χ4v) is 3.76. The molecule has 0 bridgehead atoms. The maximum Gasteiger partial charge on any atom is 0.435 e. The van der Waals surface area contributed by atoms with Crippen LogP contribution in [0.4, 0.5) is 13.2 Å². The van der Waals surface area contributed by atoms with Crippen LogP contribution in [0.15, 0.2) is 12.3 Å². The van der Waals surface area contributed by atoms with E-state index in [1.54, 1.807) is 13.1 Å². The van der Waals surface area contributed by atoms with E-state index in [4.69, 9.17) is 0 Å². The van der Waals surface area contributed by atoms with Crippen LogP contribution in [0.2, 0.25) is 0 Å². The normalized spacial score (nSPS) is 16.1. The first-order valence-corrected chi connectivity index (χ1v) is 9.66. The highest BCUT2D eigenvalue weighted by Crippen LogP contribution is 2.37. The number of nitrogens with zero attached hydrogens (tertiary/aromatic N) is 4. The Kier molecular flexibility index (Phi) is 5.81. The number of amides is 1. The largest absolute Gasteiger partial charge is 0.435 e. The van der Waals surface area contributed by atoms with Crippen LogP contribution in [0.5, 0.6) is 0 Å². The Bertz CT molecular complexity index is 839. The van der Waals surface area contributed by atoms with Gasteiger partial charge in [0.2, 0.25) is 5.91 Å². The summed E-state index contributed by atoms with van der Waals surface area (Å²) in [6.07, 6.45) is -0.840. The molecule has 0 aliphatic heterocycles. The van der Waals surface area contributed by atoms with Gasteiger partial charge in [-0.15, -0.1) is 0 Å². The monoisotopic (exact) mass is 397 g/mol. The molecule has 2 atom stereocenters. The number of rotatable bonds is 7. The molecule has 154 valence electrons. The zero-order chi connectivity index (χ0) is 20.5. The van der Waals surface area contributed by atoms with Crippen LogP contribution in [0, 0.1) is 12.8 Å². The minimum absolute atomic E-state index is 0.133. The molecule has 9 heteroatoms. The summed E-state index contributed by atoms with van der Waals surface area (Å²) in [7, 11) is 0. The maximum atomic E-state index is 13.3. The summed E-state index contributed by atoms with van der Waals surface area (Å²) in [5, 5.41) is 10.9. The summed E-state index contributed by atoms with van der Waals surface area (Å²) >= 11 is 0. The van der Waals surface area contributed by atoms with E-state index in [0.717, 1.165) is 5.69 Å². The van der Waals surface area contributed by atoms with Crippen LogP contribution in [0.25, 0.3) is 0 Å². The second-order valence-corrected chi connectivity index (χ2v) is 7.50. The third kappa shape index (κ3) is 4.07. The second kappa shape index (κ2) is 7.97. The summed E-state index contributed by atoms with van der Waals surface area (Å²) in [4.78, 5) is 12.7. The first-order chi connectivity index (χ1) is 13.2. The highest BCUT2D eigenvalue weighted by molar-refractivity contribution is 5.80. The predicted octanol–water partition coefficient (Wildman–Crippen LogP) is 3.30. The summed E-state index contributed by atoms with van der Waals surface area (Å²) in [6.45, 7) is 6.82. The molecule has 0 saturated heterocycles. The van der Waals surface area contributed by atoms with Gasteiger partial charge in [0.05, 0.1) is 0 Å². The average molecular weight is 397 g/mol. The molecule has 0 saturated carbocycles. The van der Waals surface area contributed by atoms with Crippen molar-refractivity contribution in [3.05, 3.63) is 34.9 Å². The van der Waals surface area contributed by atoms with Crippen molar-refractivity contribution in [2.24, 2.45) is 5.92 Å². The number of aromatic nitrogens is 4. The number of aryl methyl sites for hydroxylation is 1. The van der Waals surface area contributed by atoms with Crippen LogP contribution in [0.1, 0.15) is 55.4 Å². The van der Waals surface area contributed by atoms with Crippen molar-refractivity contribution in [1.82, 2.24) is 24.9 Å². The lowest BCUT2D eigenvalue weighted by molar-refractivity contribution is -0.142. The summed E-state index contributed by atoms with van der Waals surface area (Å²) < 4.78 is 43.1. The van der Waals surface area contributed by atoms with Gasteiger partial charge in [0.15, 0.2) is 5.69 Å². The fraction of sp³-hybridized carbons (Fsp3) is 0.632. The number of hydrogen-bond donors (Lipinski definition) is 1. The van der Waals surface area contributed by atoms with E-state index < -0.39 is 17.9 Å². The Labute approximate surface area is 162 Å². The Morgan fingerprint density at radius 2 is 2.11 bits per heavy atom. The minimum Gasteiger partial charge on any atom is -0.354 e. The molecule has 2 aromatic rings. The molecule has 2 heterocycles. The molecule has 28 heavy (non-hydrogen) atoms. The Morgan fingerprint density at radius 1 is 1.36 bits per heavy atom. The number of alkyl halides is 3. The lowest BCUT2D eigenvalue weighted by Crippen LogP contribution is -2.37. The molecular formula is C19H26F3N5O.